The fraction of sp³-hybridized carbons (Fsp3) is 0.692. The monoisotopic (exact) mass is 279 g/mol. The first kappa shape index (κ1) is 13.0. The molecule has 2 aliphatic rings. The summed E-state index contributed by atoms with van der Waals surface area (Å²) < 4.78 is 0. The molecule has 2 fully saturated rings. The number of nitrogens with zero attached hydrogens (tertiary/aromatic N) is 2. The van der Waals surface area contributed by atoms with Gasteiger partial charge in [0.05, 0.1) is 0 Å². The van der Waals surface area contributed by atoms with Gasteiger partial charge in [-0.25, -0.2) is 15.8 Å². The van der Waals surface area contributed by atoms with Gasteiger partial charge in [-0.2, -0.15) is 11.8 Å². The van der Waals surface area contributed by atoms with Crippen molar-refractivity contribution in [2.45, 2.75) is 31.6 Å². The Kier molecular flexibility index (Phi) is 4.08. The van der Waals surface area contributed by atoms with Crippen molar-refractivity contribution in [2.24, 2.45) is 11.8 Å². The third-order valence-corrected chi connectivity index (χ3v) is 4.80. The normalized spacial score (nSPS) is 20.3. The first-order valence-electron chi connectivity index (χ1n) is 7.02. The van der Waals surface area contributed by atoms with Crippen LogP contribution in [-0.2, 0) is 0 Å². The standard InChI is InChI=1S/C13H21N5S/c14-18-12-7-11(16-13(17-12)10-1-2-10)15-8-9-3-5-19-6-4-9/h7,9-10H,1-6,8,14H2,(H2,15,16,17,18). The number of hydrazine groups is 1. The second-order valence-electron chi connectivity index (χ2n) is 5.35. The lowest BCUT2D eigenvalue weighted by Gasteiger charge is -2.22. The molecular weight excluding hydrogens is 258 g/mol. The molecule has 6 heteroatoms. The first-order chi connectivity index (χ1) is 9.35. The Bertz CT molecular complexity index is 429. The van der Waals surface area contributed by atoms with Gasteiger partial charge in [0.25, 0.3) is 0 Å². The average Bonchev–Trinajstić information content (AvgIpc) is 3.30. The minimum atomic E-state index is 0.542. The molecule has 104 valence electrons. The van der Waals surface area contributed by atoms with Crippen molar-refractivity contribution in [1.29, 1.82) is 0 Å². The Morgan fingerprint density at radius 1 is 1.16 bits per heavy atom. The van der Waals surface area contributed by atoms with Crippen LogP contribution in [0.15, 0.2) is 6.07 Å². The molecule has 2 heterocycles. The SMILES string of the molecule is NNc1cc(NCC2CCSCC2)nc(C2CC2)n1. The van der Waals surface area contributed by atoms with E-state index in [-0.39, 0.29) is 0 Å². The Morgan fingerprint density at radius 3 is 2.58 bits per heavy atom. The van der Waals surface area contributed by atoms with E-state index in [1.165, 1.54) is 37.2 Å². The first-order valence-corrected chi connectivity index (χ1v) is 8.18. The van der Waals surface area contributed by atoms with E-state index < -0.39 is 0 Å². The number of nitrogens with one attached hydrogen (secondary N) is 2. The zero-order valence-electron chi connectivity index (χ0n) is 11.1. The van der Waals surface area contributed by atoms with Gasteiger partial charge in [-0.05, 0) is 43.1 Å². The highest BCUT2D eigenvalue weighted by molar-refractivity contribution is 7.99. The second-order valence-corrected chi connectivity index (χ2v) is 6.58. The van der Waals surface area contributed by atoms with E-state index >= 15 is 0 Å². The predicted molar refractivity (Wildman–Crippen MR) is 80.4 cm³/mol. The van der Waals surface area contributed by atoms with E-state index in [1.54, 1.807) is 0 Å². The van der Waals surface area contributed by atoms with Crippen LogP contribution >= 0.6 is 11.8 Å². The summed E-state index contributed by atoms with van der Waals surface area (Å²) in [5, 5.41) is 3.46. The molecule has 0 amide bonds. The molecule has 0 unspecified atom stereocenters. The summed E-state index contributed by atoms with van der Waals surface area (Å²) in [4.78, 5) is 9.02. The summed E-state index contributed by atoms with van der Waals surface area (Å²) >= 11 is 2.06. The predicted octanol–water partition coefficient (Wildman–Crippen LogP) is 2.19. The van der Waals surface area contributed by atoms with Crippen LogP contribution in [0.3, 0.4) is 0 Å². The summed E-state index contributed by atoms with van der Waals surface area (Å²) in [5.41, 5.74) is 2.63. The fourth-order valence-electron chi connectivity index (χ4n) is 2.35. The number of nitrogen functional groups attached to an aromatic ring is 1. The maximum Gasteiger partial charge on any atom is 0.145 e. The Balaban J connectivity index is 1.63. The topological polar surface area (TPSA) is 75.9 Å². The van der Waals surface area contributed by atoms with E-state index in [9.17, 15) is 0 Å². The number of rotatable bonds is 5. The van der Waals surface area contributed by atoms with Gasteiger partial charge < -0.3 is 10.7 Å². The molecule has 0 atom stereocenters. The van der Waals surface area contributed by atoms with Gasteiger partial charge in [-0.1, -0.05) is 0 Å². The summed E-state index contributed by atoms with van der Waals surface area (Å²) in [6.45, 7) is 1.01. The molecule has 1 saturated carbocycles. The van der Waals surface area contributed by atoms with Gasteiger partial charge in [0, 0.05) is 18.5 Å². The van der Waals surface area contributed by atoms with Crippen LogP contribution in [0.2, 0.25) is 0 Å². The molecular formula is C13H21N5S. The molecule has 0 radical (unpaired) electrons. The molecule has 5 nitrogen and oxygen atoms in total. The van der Waals surface area contributed by atoms with Crippen LogP contribution < -0.4 is 16.6 Å². The highest BCUT2D eigenvalue weighted by Gasteiger charge is 2.27. The lowest BCUT2D eigenvalue weighted by Crippen LogP contribution is -2.20. The lowest BCUT2D eigenvalue weighted by atomic mass is 10.0. The van der Waals surface area contributed by atoms with Crippen LogP contribution in [-0.4, -0.2) is 28.0 Å². The van der Waals surface area contributed by atoms with E-state index in [4.69, 9.17) is 5.84 Å². The van der Waals surface area contributed by atoms with Crippen LogP contribution in [0.5, 0.6) is 0 Å². The maximum atomic E-state index is 5.48. The van der Waals surface area contributed by atoms with Gasteiger partial charge in [-0.3, -0.25) is 0 Å². The Morgan fingerprint density at radius 2 is 1.89 bits per heavy atom. The number of thioether (sulfide) groups is 1. The minimum absolute atomic E-state index is 0.542. The number of aromatic nitrogens is 2. The molecule has 3 rings (SSSR count). The van der Waals surface area contributed by atoms with Gasteiger partial charge in [0.1, 0.15) is 17.5 Å². The van der Waals surface area contributed by atoms with Crippen molar-refractivity contribution in [3.8, 4) is 0 Å². The molecule has 19 heavy (non-hydrogen) atoms. The van der Waals surface area contributed by atoms with E-state index in [0.29, 0.717) is 11.7 Å². The van der Waals surface area contributed by atoms with Crippen molar-refractivity contribution in [2.75, 3.05) is 28.8 Å². The largest absolute Gasteiger partial charge is 0.370 e. The molecule has 4 N–H and O–H groups in total. The Labute approximate surface area is 118 Å². The van der Waals surface area contributed by atoms with Crippen LogP contribution in [0.25, 0.3) is 0 Å². The van der Waals surface area contributed by atoms with E-state index in [1.807, 2.05) is 6.07 Å². The molecule has 1 aromatic heterocycles. The lowest BCUT2D eigenvalue weighted by molar-refractivity contribution is 0.515. The molecule has 1 saturated heterocycles. The summed E-state index contributed by atoms with van der Waals surface area (Å²) in [6, 6.07) is 1.89. The zero-order chi connectivity index (χ0) is 13.1. The van der Waals surface area contributed by atoms with Crippen molar-refractivity contribution < 1.29 is 0 Å². The number of hydrogen-bond acceptors (Lipinski definition) is 6. The van der Waals surface area contributed by atoms with Gasteiger partial charge >= 0.3 is 0 Å². The summed E-state index contributed by atoms with van der Waals surface area (Å²) in [6.07, 6.45) is 5.01. The van der Waals surface area contributed by atoms with Crippen LogP contribution in [0, 0.1) is 5.92 Å². The third kappa shape index (κ3) is 3.51. The number of hydrogen-bond donors (Lipinski definition) is 3. The molecule has 1 aromatic rings. The molecule has 1 aliphatic carbocycles. The Hall–Kier alpha value is -1.01. The molecule has 0 bridgehead atoms. The van der Waals surface area contributed by atoms with Gasteiger partial charge in [-0.15, -0.1) is 0 Å². The highest BCUT2D eigenvalue weighted by Crippen LogP contribution is 2.38. The zero-order valence-corrected chi connectivity index (χ0v) is 11.9. The van der Waals surface area contributed by atoms with Crippen LogP contribution in [0.4, 0.5) is 11.6 Å². The number of anilines is 2. The molecule has 0 aromatic carbocycles. The van der Waals surface area contributed by atoms with E-state index in [2.05, 4.69) is 32.5 Å². The summed E-state index contributed by atoms with van der Waals surface area (Å²) in [7, 11) is 0. The van der Waals surface area contributed by atoms with Crippen molar-refractivity contribution in [3.63, 3.8) is 0 Å². The van der Waals surface area contributed by atoms with E-state index in [0.717, 1.165) is 24.1 Å². The van der Waals surface area contributed by atoms with Gasteiger partial charge in [0.2, 0.25) is 0 Å². The maximum absolute atomic E-state index is 5.48. The van der Waals surface area contributed by atoms with Gasteiger partial charge in [0.15, 0.2) is 0 Å². The summed E-state index contributed by atoms with van der Waals surface area (Å²) in [5.74, 6) is 11.9. The quantitative estimate of drug-likeness (QED) is 0.566. The third-order valence-electron chi connectivity index (χ3n) is 3.75. The smallest absolute Gasteiger partial charge is 0.145 e. The average molecular weight is 279 g/mol. The molecule has 0 spiro atoms. The second kappa shape index (κ2) is 5.96. The van der Waals surface area contributed by atoms with Crippen molar-refractivity contribution in [3.05, 3.63) is 11.9 Å². The molecule has 1 aliphatic heterocycles. The fourth-order valence-corrected chi connectivity index (χ4v) is 3.56. The van der Waals surface area contributed by atoms with Crippen molar-refractivity contribution >= 4 is 23.4 Å². The minimum Gasteiger partial charge on any atom is -0.370 e. The number of nitrogens with two attached hydrogens (primary N) is 1. The van der Waals surface area contributed by atoms with Crippen molar-refractivity contribution in [1.82, 2.24) is 9.97 Å². The highest BCUT2D eigenvalue weighted by atomic mass is 32.2. The van der Waals surface area contributed by atoms with Crippen LogP contribution in [0.1, 0.15) is 37.4 Å².